The number of nitrogens with one attached hydrogen (secondary N) is 1. The maximum Gasteiger partial charge on any atom is 0.0271 e. The van der Waals surface area contributed by atoms with Gasteiger partial charge in [-0.25, -0.2) is 0 Å². The molecule has 1 N–H and O–H groups in total. The van der Waals surface area contributed by atoms with Crippen molar-refractivity contribution >= 4 is 0 Å². The smallest absolute Gasteiger partial charge is 0.0271 e. The lowest BCUT2D eigenvalue weighted by Gasteiger charge is -2.37. The van der Waals surface area contributed by atoms with Gasteiger partial charge in [-0.15, -0.1) is 0 Å². The Hall–Kier alpha value is -0.930. The molecule has 0 amide bonds. The molecular weight excluding hydrogens is 234 g/mol. The van der Waals surface area contributed by atoms with Crippen molar-refractivity contribution in [3.05, 3.63) is 30.1 Å². The van der Waals surface area contributed by atoms with E-state index in [0.29, 0.717) is 0 Å². The fourth-order valence-corrected chi connectivity index (χ4v) is 3.19. The quantitative estimate of drug-likeness (QED) is 0.853. The lowest BCUT2D eigenvalue weighted by atomic mass is 9.89. The second-order valence-corrected chi connectivity index (χ2v) is 5.49. The number of aromatic nitrogens is 1. The van der Waals surface area contributed by atoms with Crippen molar-refractivity contribution in [3.8, 4) is 0 Å². The van der Waals surface area contributed by atoms with Crippen molar-refractivity contribution in [1.29, 1.82) is 0 Å². The number of rotatable bonds is 6. The summed E-state index contributed by atoms with van der Waals surface area (Å²) < 4.78 is 0. The molecule has 1 aromatic rings. The van der Waals surface area contributed by atoms with Crippen LogP contribution >= 0.6 is 0 Å². The van der Waals surface area contributed by atoms with Gasteiger partial charge in [0.1, 0.15) is 0 Å². The Bertz CT molecular complexity index is 350. The van der Waals surface area contributed by atoms with Crippen molar-refractivity contribution < 1.29 is 0 Å². The normalized spacial score (nSPS) is 23.7. The molecule has 106 valence electrons. The summed E-state index contributed by atoms with van der Waals surface area (Å²) >= 11 is 0. The topological polar surface area (TPSA) is 28.2 Å². The van der Waals surface area contributed by atoms with E-state index in [1.165, 1.54) is 31.2 Å². The van der Waals surface area contributed by atoms with Crippen LogP contribution in [0.2, 0.25) is 0 Å². The van der Waals surface area contributed by atoms with Crippen LogP contribution in [0, 0.1) is 0 Å². The molecule has 0 aliphatic heterocycles. The Kier molecular flexibility index (Phi) is 5.80. The van der Waals surface area contributed by atoms with Gasteiger partial charge in [-0.05, 0) is 50.0 Å². The van der Waals surface area contributed by atoms with Crippen LogP contribution in [0.1, 0.15) is 45.1 Å². The van der Waals surface area contributed by atoms with Crippen molar-refractivity contribution in [1.82, 2.24) is 15.2 Å². The van der Waals surface area contributed by atoms with Crippen molar-refractivity contribution in [2.45, 2.75) is 58.2 Å². The number of hydrogen-bond donors (Lipinski definition) is 1. The van der Waals surface area contributed by atoms with Crippen LogP contribution < -0.4 is 5.32 Å². The third-order valence-electron chi connectivity index (χ3n) is 4.20. The molecule has 1 aromatic heterocycles. The fourth-order valence-electron chi connectivity index (χ4n) is 3.19. The molecule has 2 unspecified atom stereocenters. The minimum absolute atomic E-state index is 0.718. The highest BCUT2D eigenvalue weighted by Gasteiger charge is 2.25. The molecule has 0 spiro atoms. The molecule has 0 aromatic carbocycles. The maximum absolute atomic E-state index is 4.10. The van der Waals surface area contributed by atoms with Gasteiger partial charge in [0.2, 0.25) is 0 Å². The average Bonchev–Trinajstić information content (AvgIpc) is 2.46. The highest BCUT2D eigenvalue weighted by molar-refractivity contribution is 5.09. The first-order valence-corrected chi connectivity index (χ1v) is 7.69. The van der Waals surface area contributed by atoms with Crippen molar-refractivity contribution in [3.63, 3.8) is 0 Å². The Morgan fingerprint density at radius 3 is 2.74 bits per heavy atom. The Morgan fingerprint density at radius 2 is 2.05 bits per heavy atom. The Labute approximate surface area is 117 Å². The van der Waals surface area contributed by atoms with E-state index < -0.39 is 0 Å². The summed E-state index contributed by atoms with van der Waals surface area (Å²) in [6.07, 6.45) is 9.14. The minimum atomic E-state index is 0.718. The van der Waals surface area contributed by atoms with E-state index in [4.69, 9.17) is 0 Å². The highest BCUT2D eigenvalue weighted by Crippen LogP contribution is 2.24. The Balaban J connectivity index is 1.93. The fraction of sp³-hybridized carbons (Fsp3) is 0.688. The van der Waals surface area contributed by atoms with Gasteiger partial charge in [0, 0.05) is 31.0 Å². The second kappa shape index (κ2) is 7.61. The molecule has 1 aliphatic rings. The molecular formula is C16H27N3. The largest absolute Gasteiger partial charge is 0.314 e. The number of pyridine rings is 1. The number of nitrogens with zero attached hydrogens (tertiary/aromatic N) is 2. The molecule has 19 heavy (non-hydrogen) atoms. The monoisotopic (exact) mass is 261 g/mol. The van der Waals surface area contributed by atoms with E-state index in [0.717, 1.165) is 31.7 Å². The van der Waals surface area contributed by atoms with E-state index in [9.17, 15) is 0 Å². The minimum Gasteiger partial charge on any atom is -0.314 e. The van der Waals surface area contributed by atoms with E-state index >= 15 is 0 Å². The first-order chi connectivity index (χ1) is 9.33. The zero-order valence-corrected chi connectivity index (χ0v) is 12.3. The van der Waals surface area contributed by atoms with Gasteiger partial charge in [-0.1, -0.05) is 20.3 Å². The highest BCUT2D eigenvalue weighted by atomic mass is 15.2. The molecule has 2 atom stereocenters. The van der Waals surface area contributed by atoms with Gasteiger partial charge in [0.05, 0.1) is 0 Å². The molecule has 2 rings (SSSR count). The SMILES string of the molecule is CCNC1CCCC(N(CC)Cc2ccncc2)C1. The molecule has 1 fully saturated rings. The Morgan fingerprint density at radius 1 is 1.26 bits per heavy atom. The molecule has 0 radical (unpaired) electrons. The summed E-state index contributed by atoms with van der Waals surface area (Å²) in [7, 11) is 0. The van der Waals surface area contributed by atoms with Gasteiger partial charge in [0.25, 0.3) is 0 Å². The van der Waals surface area contributed by atoms with Crippen LogP contribution in [-0.2, 0) is 6.54 Å². The predicted molar refractivity (Wildman–Crippen MR) is 80.0 cm³/mol. The van der Waals surface area contributed by atoms with Crippen LogP contribution in [0.25, 0.3) is 0 Å². The van der Waals surface area contributed by atoms with Crippen molar-refractivity contribution in [2.24, 2.45) is 0 Å². The van der Waals surface area contributed by atoms with Gasteiger partial charge in [-0.3, -0.25) is 9.88 Å². The van der Waals surface area contributed by atoms with Crippen LogP contribution in [0.3, 0.4) is 0 Å². The van der Waals surface area contributed by atoms with Gasteiger partial charge in [0.15, 0.2) is 0 Å². The summed E-state index contributed by atoms with van der Waals surface area (Å²) in [4.78, 5) is 6.72. The zero-order valence-electron chi connectivity index (χ0n) is 12.3. The summed E-state index contributed by atoms with van der Waals surface area (Å²) in [6, 6.07) is 5.71. The second-order valence-electron chi connectivity index (χ2n) is 5.49. The maximum atomic E-state index is 4.10. The third-order valence-corrected chi connectivity index (χ3v) is 4.20. The summed E-state index contributed by atoms with van der Waals surface area (Å²) in [5.41, 5.74) is 1.38. The third kappa shape index (κ3) is 4.29. The predicted octanol–water partition coefficient (Wildman–Crippen LogP) is 2.82. The van der Waals surface area contributed by atoms with Crippen LogP contribution in [-0.4, -0.2) is 35.1 Å². The van der Waals surface area contributed by atoms with Gasteiger partial charge >= 0.3 is 0 Å². The summed E-state index contributed by atoms with van der Waals surface area (Å²) in [5.74, 6) is 0. The van der Waals surface area contributed by atoms with E-state index in [-0.39, 0.29) is 0 Å². The number of hydrogen-bond acceptors (Lipinski definition) is 3. The standard InChI is InChI=1S/C16H27N3/c1-3-18-15-6-5-7-16(12-15)19(4-2)13-14-8-10-17-11-9-14/h8-11,15-16,18H,3-7,12-13H2,1-2H3. The van der Waals surface area contributed by atoms with Gasteiger partial charge < -0.3 is 5.32 Å². The van der Waals surface area contributed by atoms with Crippen LogP contribution in [0.4, 0.5) is 0 Å². The molecule has 0 bridgehead atoms. The molecule has 0 saturated heterocycles. The van der Waals surface area contributed by atoms with E-state index in [2.05, 4.69) is 41.2 Å². The van der Waals surface area contributed by atoms with E-state index in [1.54, 1.807) is 0 Å². The van der Waals surface area contributed by atoms with Crippen LogP contribution in [0.15, 0.2) is 24.5 Å². The van der Waals surface area contributed by atoms with Gasteiger partial charge in [-0.2, -0.15) is 0 Å². The molecule has 1 aliphatic carbocycles. The summed E-state index contributed by atoms with van der Waals surface area (Å²) in [6.45, 7) is 7.76. The summed E-state index contributed by atoms with van der Waals surface area (Å²) in [5, 5.41) is 3.62. The average molecular weight is 261 g/mol. The lowest BCUT2D eigenvalue weighted by molar-refractivity contribution is 0.139. The molecule has 1 heterocycles. The molecule has 3 nitrogen and oxygen atoms in total. The molecule has 3 heteroatoms. The zero-order chi connectivity index (χ0) is 13.5. The first-order valence-electron chi connectivity index (χ1n) is 7.69. The van der Waals surface area contributed by atoms with Crippen molar-refractivity contribution in [2.75, 3.05) is 13.1 Å². The van der Waals surface area contributed by atoms with E-state index in [1.807, 2.05) is 12.4 Å². The lowest BCUT2D eigenvalue weighted by Crippen LogP contribution is -2.44. The molecule has 1 saturated carbocycles. The van der Waals surface area contributed by atoms with Crippen LogP contribution in [0.5, 0.6) is 0 Å². The first kappa shape index (κ1) is 14.5.